The van der Waals surface area contributed by atoms with E-state index < -0.39 is 5.60 Å². The van der Waals surface area contributed by atoms with Gasteiger partial charge in [0.25, 0.3) is 0 Å². The predicted molar refractivity (Wildman–Crippen MR) is 157 cm³/mol. The number of aryl methyl sites for hydroxylation is 2. The molecule has 7 nitrogen and oxygen atoms in total. The summed E-state index contributed by atoms with van der Waals surface area (Å²) in [5, 5.41) is 0. The highest BCUT2D eigenvalue weighted by molar-refractivity contribution is 5.79. The highest BCUT2D eigenvalue weighted by Crippen LogP contribution is 2.30. The number of rotatable bonds is 14. The lowest BCUT2D eigenvalue weighted by Gasteiger charge is -2.27. The smallest absolute Gasteiger partial charge is 0.349 e. The van der Waals surface area contributed by atoms with Crippen LogP contribution < -0.4 is 4.74 Å². The molecule has 0 amide bonds. The Morgan fingerprint density at radius 2 is 1.75 bits per heavy atom. The molecule has 0 unspecified atom stereocenters. The number of carbonyl (C=O) groups is 1. The quantitative estimate of drug-likeness (QED) is 0.154. The third-order valence-electron chi connectivity index (χ3n) is 6.67. The van der Waals surface area contributed by atoms with E-state index >= 15 is 0 Å². The van der Waals surface area contributed by atoms with Crippen LogP contribution in [0.15, 0.2) is 77.3 Å². The molecular formula is C33H42N2O5. The zero-order valence-electron chi connectivity index (χ0n) is 24.9. The van der Waals surface area contributed by atoms with Gasteiger partial charge >= 0.3 is 5.97 Å². The van der Waals surface area contributed by atoms with E-state index in [9.17, 15) is 4.79 Å². The van der Waals surface area contributed by atoms with Crippen molar-refractivity contribution in [2.24, 2.45) is 0 Å². The molecule has 3 rings (SSSR count). The van der Waals surface area contributed by atoms with Gasteiger partial charge in [-0.1, -0.05) is 49.0 Å². The lowest BCUT2D eigenvalue weighted by Crippen LogP contribution is -2.40. The molecule has 0 saturated carbocycles. The van der Waals surface area contributed by atoms with Gasteiger partial charge < -0.3 is 18.6 Å². The lowest BCUT2D eigenvalue weighted by molar-refractivity contribution is -0.158. The van der Waals surface area contributed by atoms with E-state index in [4.69, 9.17) is 18.6 Å². The van der Waals surface area contributed by atoms with Gasteiger partial charge in [0.05, 0.1) is 25.1 Å². The van der Waals surface area contributed by atoms with Crippen LogP contribution in [-0.4, -0.2) is 34.6 Å². The molecule has 0 aliphatic heterocycles. The zero-order valence-corrected chi connectivity index (χ0v) is 24.9. The lowest BCUT2D eigenvalue weighted by atomic mass is 10.0. The van der Waals surface area contributed by atoms with E-state index in [-0.39, 0.29) is 5.97 Å². The van der Waals surface area contributed by atoms with Crippen LogP contribution >= 0.6 is 0 Å². The Balaban J connectivity index is 1.73. The number of oxazole rings is 1. The molecule has 0 spiro atoms. The highest BCUT2D eigenvalue weighted by Gasteiger charge is 2.32. The van der Waals surface area contributed by atoms with Crippen LogP contribution in [0.3, 0.4) is 0 Å². The van der Waals surface area contributed by atoms with Gasteiger partial charge in [-0.2, -0.15) is 0 Å². The number of esters is 1. The van der Waals surface area contributed by atoms with Crippen molar-refractivity contribution in [3.05, 3.63) is 101 Å². The topological polar surface area (TPSA) is 74.0 Å². The normalized spacial score (nSPS) is 12.2. The minimum Gasteiger partial charge on any atom is -0.476 e. The summed E-state index contributed by atoms with van der Waals surface area (Å²) < 4.78 is 23.0. The molecule has 7 heteroatoms. The minimum atomic E-state index is -1.08. The first-order valence-corrected chi connectivity index (χ1v) is 13.7. The zero-order chi connectivity index (χ0) is 29.3. The first-order chi connectivity index (χ1) is 19.0. The monoisotopic (exact) mass is 546 g/mol. The van der Waals surface area contributed by atoms with E-state index in [1.165, 1.54) is 0 Å². The van der Waals surface area contributed by atoms with Crippen LogP contribution in [-0.2, 0) is 27.4 Å². The second-order valence-corrected chi connectivity index (χ2v) is 10.5. The molecule has 0 radical (unpaired) electrons. The SMILES string of the molecule is C=C(O/C(C)=C(\C)CCN(Cc1cc(C)c(OC(C)(C)C(=O)OCC)c(C)c1)Cc1ncco1)c1ccccc1. The molecule has 0 fully saturated rings. The molecule has 0 saturated heterocycles. The fourth-order valence-electron chi connectivity index (χ4n) is 4.35. The fourth-order valence-corrected chi connectivity index (χ4v) is 4.35. The Kier molecular flexibility index (Phi) is 10.7. The van der Waals surface area contributed by atoms with E-state index in [0.29, 0.717) is 37.1 Å². The van der Waals surface area contributed by atoms with Crippen molar-refractivity contribution >= 4 is 11.7 Å². The first-order valence-electron chi connectivity index (χ1n) is 13.7. The molecular weight excluding hydrogens is 504 g/mol. The third-order valence-corrected chi connectivity index (χ3v) is 6.67. The molecule has 3 aromatic rings. The standard InChI is InChI=1S/C33H42N2O5/c1-9-37-32(36)33(7,8)40-31-24(3)19-28(20-25(31)4)21-35(22-30-34-16-18-38-30)17-15-23(2)26(5)39-27(6)29-13-11-10-12-14-29/h10-14,16,18-20H,6,9,15,17,21-22H2,1-5,7-8H3/b26-23+. The fraction of sp³-hybridized carbons (Fsp3) is 0.394. The van der Waals surface area contributed by atoms with Crippen LogP contribution in [0.25, 0.3) is 5.76 Å². The summed E-state index contributed by atoms with van der Waals surface area (Å²) in [6.45, 7) is 19.7. The Morgan fingerprint density at radius 3 is 2.35 bits per heavy atom. The number of hydrogen-bond acceptors (Lipinski definition) is 7. The third kappa shape index (κ3) is 8.58. The van der Waals surface area contributed by atoms with Gasteiger partial charge in [-0.15, -0.1) is 0 Å². The van der Waals surface area contributed by atoms with Gasteiger partial charge in [0, 0.05) is 18.7 Å². The summed E-state index contributed by atoms with van der Waals surface area (Å²) in [5.74, 6) is 2.46. The number of benzene rings is 2. The Bertz CT molecular complexity index is 1290. The van der Waals surface area contributed by atoms with Crippen LogP contribution in [0.2, 0.25) is 0 Å². The molecule has 0 aliphatic rings. The van der Waals surface area contributed by atoms with Crippen molar-refractivity contribution in [1.29, 1.82) is 0 Å². The molecule has 1 heterocycles. The molecule has 40 heavy (non-hydrogen) atoms. The number of hydrogen-bond donors (Lipinski definition) is 0. The average molecular weight is 547 g/mol. The van der Waals surface area contributed by atoms with E-state index in [1.807, 2.05) is 51.1 Å². The van der Waals surface area contributed by atoms with Crippen molar-refractivity contribution in [2.75, 3.05) is 13.2 Å². The maximum atomic E-state index is 12.4. The van der Waals surface area contributed by atoms with Gasteiger partial charge in [0.1, 0.15) is 17.8 Å². The van der Waals surface area contributed by atoms with Gasteiger partial charge in [-0.3, -0.25) is 4.90 Å². The van der Waals surface area contributed by atoms with Crippen LogP contribution in [0.4, 0.5) is 0 Å². The van der Waals surface area contributed by atoms with Crippen molar-refractivity contribution < 1.29 is 23.4 Å². The number of carbonyl (C=O) groups excluding carboxylic acids is 1. The van der Waals surface area contributed by atoms with Crippen molar-refractivity contribution in [1.82, 2.24) is 9.88 Å². The molecule has 2 aromatic carbocycles. The Hall–Kier alpha value is -3.84. The van der Waals surface area contributed by atoms with Gasteiger partial charge in [0.2, 0.25) is 5.89 Å². The molecule has 0 bridgehead atoms. The molecule has 214 valence electrons. The summed E-state index contributed by atoms with van der Waals surface area (Å²) in [7, 11) is 0. The van der Waals surface area contributed by atoms with Crippen molar-refractivity contribution in [2.45, 2.75) is 73.6 Å². The highest BCUT2D eigenvalue weighted by atomic mass is 16.6. The number of aromatic nitrogens is 1. The number of allylic oxidation sites excluding steroid dienone is 1. The summed E-state index contributed by atoms with van der Waals surface area (Å²) in [4.78, 5) is 19.0. The molecule has 0 aliphatic carbocycles. The predicted octanol–water partition coefficient (Wildman–Crippen LogP) is 7.39. The van der Waals surface area contributed by atoms with Crippen LogP contribution in [0, 0.1) is 13.8 Å². The number of ether oxygens (including phenoxy) is 3. The van der Waals surface area contributed by atoms with Crippen molar-refractivity contribution in [3.63, 3.8) is 0 Å². The van der Waals surface area contributed by atoms with E-state index in [0.717, 1.165) is 46.6 Å². The van der Waals surface area contributed by atoms with Crippen molar-refractivity contribution in [3.8, 4) is 5.75 Å². The average Bonchev–Trinajstić information content (AvgIpc) is 3.43. The number of nitrogens with zero attached hydrogens (tertiary/aromatic N) is 2. The summed E-state index contributed by atoms with van der Waals surface area (Å²) in [5.41, 5.74) is 4.08. The van der Waals surface area contributed by atoms with Crippen LogP contribution in [0.1, 0.15) is 69.2 Å². The Morgan fingerprint density at radius 1 is 1.07 bits per heavy atom. The largest absolute Gasteiger partial charge is 0.476 e. The minimum absolute atomic E-state index is 0.310. The maximum Gasteiger partial charge on any atom is 0.349 e. The molecule has 0 N–H and O–H groups in total. The maximum absolute atomic E-state index is 12.4. The Labute approximate surface area is 238 Å². The van der Waals surface area contributed by atoms with Gasteiger partial charge in [0.15, 0.2) is 5.60 Å². The molecule has 1 aromatic heterocycles. The van der Waals surface area contributed by atoms with Gasteiger partial charge in [-0.25, -0.2) is 9.78 Å². The van der Waals surface area contributed by atoms with Gasteiger partial charge in [-0.05, 0) is 77.2 Å². The summed E-state index contributed by atoms with van der Waals surface area (Å²) in [6.07, 6.45) is 4.07. The summed E-state index contributed by atoms with van der Waals surface area (Å²) >= 11 is 0. The van der Waals surface area contributed by atoms with E-state index in [2.05, 4.69) is 35.5 Å². The molecule has 0 atom stereocenters. The second kappa shape index (κ2) is 14.0. The second-order valence-electron chi connectivity index (χ2n) is 10.5. The first kappa shape index (κ1) is 30.7. The summed E-state index contributed by atoms with van der Waals surface area (Å²) in [6, 6.07) is 14.1. The van der Waals surface area contributed by atoms with Crippen LogP contribution in [0.5, 0.6) is 5.75 Å². The van der Waals surface area contributed by atoms with E-state index in [1.54, 1.807) is 33.2 Å².